The lowest BCUT2D eigenvalue weighted by atomic mass is 10.0. The number of nitrogens with zero attached hydrogens (tertiary/aromatic N) is 6. The number of hydrogen-bond acceptors (Lipinski definition) is 7. The van der Waals surface area contributed by atoms with Crippen LogP contribution in [0.15, 0.2) is 67.1 Å². The number of carbonyl (C=O) groups is 1. The number of anilines is 1. The molecule has 3 N–H and O–H groups in total. The van der Waals surface area contributed by atoms with E-state index in [0.717, 1.165) is 5.39 Å². The van der Waals surface area contributed by atoms with Crippen LogP contribution in [0.5, 0.6) is 0 Å². The fourth-order valence-electron chi connectivity index (χ4n) is 3.79. The molecule has 5 aromatic rings. The Kier molecular flexibility index (Phi) is 5.84. The first-order valence-corrected chi connectivity index (χ1v) is 11.2. The number of fused-ring (bicyclic) bond motifs is 1. The molecule has 0 saturated heterocycles. The summed E-state index contributed by atoms with van der Waals surface area (Å²) in [4.78, 5) is 31.1. The fourth-order valence-corrected chi connectivity index (χ4v) is 4.07. The molecule has 1 atom stereocenters. The minimum atomic E-state index is -0.462. The van der Waals surface area contributed by atoms with Crippen LogP contribution in [0.25, 0.3) is 33.5 Å². The third kappa shape index (κ3) is 4.41. The number of pyridine rings is 2. The summed E-state index contributed by atoms with van der Waals surface area (Å²) in [5, 5.41) is 8.64. The van der Waals surface area contributed by atoms with Crippen molar-refractivity contribution in [2.24, 2.45) is 7.05 Å². The molecule has 1 aromatic carbocycles. The topological polar surface area (TPSA) is 124 Å². The molecule has 9 nitrogen and oxygen atoms in total. The second kappa shape index (κ2) is 9.11. The number of halogens is 1. The molecule has 0 unspecified atom stereocenters. The van der Waals surface area contributed by atoms with E-state index in [-0.39, 0.29) is 17.6 Å². The lowest BCUT2D eigenvalue weighted by molar-refractivity contribution is 0.0935. The van der Waals surface area contributed by atoms with Crippen LogP contribution in [-0.4, -0.2) is 35.6 Å². The predicted octanol–water partition coefficient (Wildman–Crippen LogP) is 4.21. The van der Waals surface area contributed by atoms with Crippen molar-refractivity contribution in [1.82, 2.24) is 35.0 Å². The molecule has 0 spiro atoms. The van der Waals surface area contributed by atoms with Gasteiger partial charge in [-0.25, -0.2) is 9.97 Å². The van der Waals surface area contributed by atoms with Gasteiger partial charge in [0.15, 0.2) is 11.5 Å². The number of nitrogen functional groups attached to an aromatic ring is 1. The second-order valence-corrected chi connectivity index (χ2v) is 8.42. The summed E-state index contributed by atoms with van der Waals surface area (Å²) >= 11 is 6.54. The highest BCUT2D eigenvalue weighted by molar-refractivity contribution is 6.35. The number of amides is 1. The van der Waals surface area contributed by atoms with Gasteiger partial charge in [-0.2, -0.15) is 5.10 Å². The normalized spacial score (nSPS) is 12.0. The van der Waals surface area contributed by atoms with E-state index in [1.54, 1.807) is 42.5 Å². The Balaban J connectivity index is 1.63. The zero-order valence-electron chi connectivity index (χ0n) is 19.0. The lowest BCUT2D eigenvalue weighted by Gasteiger charge is -2.16. The van der Waals surface area contributed by atoms with Gasteiger partial charge in [0.05, 0.1) is 28.0 Å². The van der Waals surface area contributed by atoms with E-state index < -0.39 is 5.91 Å². The Hall–Kier alpha value is -4.37. The molecule has 35 heavy (non-hydrogen) atoms. The van der Waals surface area contributed by atoms with E-state index in [4.69, 9.17) is 17.3 Å². The molecule has 0 aliphatic heterocycles. The summed E-state index contributed by atoms with van der Waals surface area (Å²) in [5.41, 5.74) is 9.72. The molecular formula is C25H21ClN8O. The van der Waals surface area contributed by atoms with Crippen molar-refractivity contribution in [3.05, 3.63) is 83.5 Å². The Morgan fingerprint density at radius 3 is 2.63 bits per heavy atom. The molecule has 0 aliphatic rings. The number of aryl methyl sites for hydroxylation is 1. The van der Waals surface area contributed by atoms with Gasteiger partial charge in [-0.05, 0) is 43.3 Å². The average Bonchev–Trinajstić information content (AvgIpc) is 3.30. The van der Waals surface area contributed by atoms with Crippen molar-refractivity contribution in [2.45, 2.75) is 13.0 Å². The van der Waals surface area contributed by atoms with Crippen LogP contribution >= 0.6 is 11.6 Å². The van der Waals surface area contributed by atoms with Crippen LogP contribution in [0, 0.1) is 0 Å². The van der Waals surface area contributed by atoms with Gasteiger partial charge in [0.2, 0.25) is 0 Å². The Morgan fingerprint density at radius 2 is 1.89 bits per heavy atom. The Morgan fingerprint density at radius 1 is 1.06 bits per heavy atom. The summed E-state index contributed by atoms with van der Waals surface area (Å²) in [7, 11) is 1.80. The van der Waals surface area contributed by atoms with Crippen molar-refractivity contribution >= 4 is 34.2 Å². The van der Waals surface area contributed by atoms with Gasteiger partial charge in [-0.15, -0.1) is 0 Å². The van der Waals surface area contributed by atoms with E-state index in [9.17, 15) is 4.79 Å². The molecule has 4 heterocycles. The third-order valence-electron chi connectivity index (χ3n) is 5.50. The van der Waals surface area contributed by atoms with Crippen molar-refractivity contribution in [3.63, 3.8) is 0 Å². The maximum Gasteiger partial charge on any atom is 0.274 e. The first kappa shape index (κ1) is 22.4. The zero-order valence-corrected chi connectivity index (χ0v) is 19.7. The first-order valence-electron chi connectivity index (χ1n) is 10.8. The van der Waals surface area contributed by atoms with Crippen molar-refractivity contribution in [2.75, 3.05) is 5.73 Å². The van der Waals surface area contributed by atoms with E-state index in [0.29, 0.717) is 38.9 Å². The SMILES string of the molecule is C[C@@H](NC(=O)c1nc(-c2cc(Cl)c3ncccc3c2)c(-c2ccn(C)n2)nc1N)c1ccccn1. The van der Waals surface area contributed by atoms with Crippen LogP contribution < -0.4 is 11.1 Å². The molecule has 0 aliphatic carbocycles. The average molecular weight is 485 g/mol. The predicted molar refractivity (Wildman–Crippen MR) is 135 cm³/mol. The zero-order chi connectivity index (χ0) is 24.5. The van der Waals surface area contributed by atoms with Crippen LogP contribution in [0.1, 0.15) is 29.1 Å². The quantitative estimate of drug-likeness (QED) is 0.382. The maximum absolute atomic E-state index is 13.2. The van der Waals surface area contributed by atoms with Gasteiger partial charge in [0.1, 0.15) is 11.4 Å². The van der Waals surface area contributed by atoms with E-state index in [2.05, 4.69) is 30.4 Å². The Labute approximate surface area is 206 Å². The maximum atomic E-state index is 13.2. The fraction of sp³-hybridized carbons (Fsp3) is 0.120. The summed E-state index contributed by atoms with van der Waals surface area (Å²) < 4.78 is 1.66. The molecule has 5 rings (SSSR count). The van der Waals surface area contributed by atoms with E-state index >= 15 is 0 Å². The monoisotopic (exact) mass is 484 g/mol. The molecular weight excluding hydrogens is 464 g/mol. The van der Waals surface area contributed by atoms with Crippen LogP contribution in [-0.2, 0) is 7.05 Å². The molecule has 0 bridgehead atoms. The minimum absolute atomic E-state index is 0.00451. The highest BCUT2D eigenvalue weighted by Gasteiger charge is 2.23. The van der Waals surface area contributed by atoms with Gasteiger partial charge in [-0.3, -0.25) is 19.4 Å². The number of nitrogens with two attached hydrogens (primary N) is 1. The Bertz CT molecular complexity index is 1550. The van der Waals surface area contributed by atoms with Crippen LogP contribution in [0.2, 0.25) is 5.02 Å². The molecule has 0 radical (unpaired) electrons. The van der Waals surface area contributed by atoms with Gasteiger partial charge >= 0.3 is 0 Å². The standard InChI is InChI=1S/C25H21ClN8O/c1-14(18-7-3-4-9-28-18)30-25(35)23-24(27)32-22(19-8-11-34(2)33-19)21(31-23)16-12-15-6-5-10-29-20(15)17(26)13-16/h3-14H,1-2H3,(H2,27,32)(H,30,35)/t14-/m1/s1. The minimum Gasteiger partial charge on any atom is -0.382 e. The van der Waals surface area contributed by atoms with Crippen molar-refractivity contribution < 1.29 is 4.79 Å². The van der Waals surface area contributed by atoms with Gasteiger partial charge in [-0.1, -0.05) is 23.7 Å². The van der Waals surface area contributed by atoms with Crippen LogP contribution in [0.3, 0.4) is 0 Å². The van der Waals surface area contributed by atoms with E-state index in [1.165, 1.54) is 0 Å². The van der Waals surface area contributed by atoms with Gasteiger partial charge < -0.3 is 11.1 Å². The largest absolute Gasteiger partial charge is 0.382 e. The molecule has 0 saturated carbocycles. The van der Waals surface area contributed by atoms with Crippen LogP contribution in [0.4, 0.5) is 5.82 Å². The lowest BCUT2D eigenvalue weighted by Crippen LogP contribution is -2.29. The number of benzene rings is 1. The molecule has 174 valence electrons. The van der Waals surface area contributed by atoms with E-state index in [1.807, 2.05) is 43.3 Å². The highest BCUT2D eigenvalue weighted by atomic mass is 35.5. The summed E-state index contributed by atoms with van der Waals surface area (Å²) in [5.74, 6) is -0.468. The summed E-state index contributed by atoms with van der Waals surface area (Å²) in [6.07, 6.45) is 5.15. The van der Waals surface area contributed by atoms with Gasteiger partial charge in [0.25, 0.3) is 5.91 Å². The first-order chi connectivity index (χ1) is 16.9. The number of hydrogen-bond donors (Lipinski definition) is 2. The number of aromatic nitrogens is 6. The molecule has 4 aromatic heterocycles. The number of rotatable bonds is 5. The van der Waals surface area contributed by atoms with Crippen molar-refractivity contribution in [1.29, 1.82) is 0 Å². The summed E-state index contributed by atoms with van der Waals surface area (Å²) in [6.45, 7) is 1.84. The smallest absolute Gasteiger partial charge is 0.274 e. The van der Waals surface area contributed by atoms with Gasteiger partial charge in [0, 0.05) is 36.6 Å². The molecule has 10 heteroatoms. The number of nitrogens with one attached hydrogen (secondary N) is 1. The third-order valence-corrected chi connectivity index (χ3v) is 5.79. The number of carbonyl (C=O) groups excluding carboxylic acids is 1. The molecule has 1 amide bonds. The molecule has 0 fully saturated rings. The summed E-state index contributed by atoms with van der Waals surface area (Å²) in [6, 6.07) is 14.3. The van der Waals surface area contributed by atoms with Crippen molar-refractivity contribution in [3.8, 4) is 22.6 Å². The second-order valence-electron chi connectivity index (χ2n) is 8.01. The highest BCUT2D eigenvalue weighted by Crippen LogP contribution is 2.34.